The number of hydrogen-bond acceptors (Lipinski definition) is 2. The van der Waals surface area contributed by atoms with E-state index in [-0.39, 0.29) is 11.8 Å². The zero-order valence-electron chi connectivity index (χ0n) is 8.35. The molecule has 2 rings (SSSR count). The van der Waals surface area contributed by atoms with Crippen LogP contribution in [0.5, 0.6) is 5.75 Å². The number of rotatable bonds is 2. The summed E-state index contributed by atoms with van der Waals surface area (Å²) in [6.45, 7) is 3.65. The Bertz CT molecular complexity index is 505. The fourth-order valence-corrected chi connectivity index (χ4v) is 1.75. The lowest BCUT2D eigenvalue weighted by molar-refractivity contribution is 0.467. The number of nitrogens with two attached hydrogens (primary N) is 1. The van der Waals surface area contributed by atoms with Crippen LogP contribution in [0.4, 0.5) is 0 Å². The van der Waals surface area contributed by atoms with E-state index in [1.165, 1.54) is 0 Å². The van der Waals surface area contributed by atoms with E-state index in [1.807, 2.05) is 30.3 Å². The monoisotopic (exact) mass is 199 g/mol. The largest absolute Gasteiger partial charge is 0.508 e. The Labute approximate surface area is 88.7 Å². The molecule has 0 aliphatic rings. The van der Waals surface area contributed by atoms with Crippen LogP contribution < -0.4 is 5.73 Å². The van der Waals surface area contributed by atoms with Crippen LogP contribution in [0.2, 0.25) is 0 Å². The third kappa shape index (κ3) is 1.60. The van der Waals surface area contributed by atoms with Crippen LogP contribution in [0, 0.1) is 0 Å². The van der Waals surface area contributed by atoms with Crippen molar-refractivity contribution in [3.05, 3.63) is 54.6 Å². The standard InChI is InChI=1S/C13H13NO/c1-2-11(14)13-10-6-4-3-5-9(10)7-8-12(13)15/h2-8,11,15H,1,14H2/t11-/m0/s1. The lowest BCUT2D eigenvalue weighted by Crippen LogP contribution is -2.07. The number of aromatic hydroxyl groups is 1. The molecule has 0 saturated carbocycles. The molecule has 0 bridgehead atoms. The number of phenols is 1. The fraction of sp³-hybridized carbons (Fsp3) is 0.0769. The number of benzene rings is 2. The number of fused-ring (bicyclic) bond motifs is 1. The van der Waals surface area contributed by atoms with E-state index in [2.05, 4.69) is 6.58 Å². The first-order chi connectivity index (χ1) is 7.24. The molecule has 0 heterocycles. The van der Waals surface area contributed by atoms with Gasteiger partial charge < -0.3 is 10.8 Å². The predicted molar refractivity (Wildman–Crippen MR) is 62.7 cm³/mol. The second-order valence-electron chi connectivity index (χ2n) is 3.48. The average Bonchev–Trinajstić information content (AvgIpc) is 2.28. The molecule has 2 nitrogen and oxygen atoms in total. The first kappa shape index (κ1) is 9.74. The van der Waals surface area contributed by atoms with Gasteiger partial charge in [-0.1, -0.05) is 36.4 Å². The van der Waals surface area contributed by atoms with Crippen molar-refractivity contribution in [1.82, 2.24) is 0 Å². The Morgan fingerprint density at radius 1 is 1.20 bits per heavy atom. The maximum absolute atomic E-state index is 9.78. The van der Waals surface area contributed by atoms with E-state index >= 15 is 0 Å². The summed E-state index contributed by atoms with van der Waals surface area (Å²) in [5.41, 5.74) is 6.62. The van der Waals surface area contributed by atoms with E-state index in [4.69, 9.17) is 5.73 Å². The summed E-state index contributed by atoms with van der Waals surface area (Å²) >= 11 is 0. The van der Waals surface area contributed by atoms with Gasteiger partial charge in [0.05, 0.1) is 6.04 Å². The van der Waals surface area contributed by atoms with Crippen LogP contribution in [0.25, 0.3) is 10.8 Å². The van der Waals surface area contributed by atoms with Crippen LogP contribution in [0.15, 0.2) is 49.1 Å². The van der Waals surface area contributed by atoms with Crippen LogP contribution in [0.1, 0.15) is 11.6 Å². The molecular formula is C13H13NO. The van der Waals surface area contributed by atoms with E-state index in [0.29, 0.717) is 0 Å². The van der Waals surface area contributed by atoms with Crippen molar-refractivity contribution in [2.45, 2.75) is 6.04 Å². The van der Waals surface area contributed by atoms with E-state index < -0.39 is 0 Å². The summed E-state index contributed by atoms with van der Waals surface area (Å²) in [6.07, 6.45) is 1.63. The maximum atomic E-state index is 9.78. The summed E-state index contributed by atoms with van der Waals surface area (Å²) in [6, 6.07) is 11.0. The highest BCUT2D eigenvalue weighted by atomic mass is 16.3. The Balaban J connectivity index is 2.79. The zero-order valence-corrected chi connectivity index (χ0v) is 8.35. The van der Waals surface area contributed by atoms with Gasteiger partial charge in [-0.25, -0.2) is 0 Å². The third-order valence-electron chi connectivity index (χ3n) is 2.53. The predicted octanol–water partition coefficient (Wildman–Crippen LogP) is 2.73. The summed E-state index contributed by atoms with van der Waals surface area (Å²) in [7, 11) is 0. The molecule has 0 aliphatic heterocycles. The Hall–Kier alpha value is -1.80. The second kappa shape index (κ2) is 3.75. The van der Waals surface area contributed by atoms with Crippen molar-refractivity contribution < 1.29 is 5.11 Å². The van der Waals surface area contributed by atoms with Crippen molar-refractivity contribution in [2.75, 3.05) is 0 Å². The molecule has 2 aromatic rings. The Morgan fingerprint density at radius 2 is 1.93 bits per heavy atom. The number of hydrogen-bond donors (Lipinski definition) is 2. The SMILES string of the molecule is C=C[C@H](N)c1c(O)ccc2ccccc12. The normalized spacial score (nSPS) is 12.6. The quantitative estimate of drug-likeness (QED) is 0.730. The summed E-state index contributed by atoms with van der Waals surface area (Å²) < 4.78 is 0. The highest BCUT2D eigenvalue weighted by Gasteiger charge is 2.11. The van der Waals surface area contributed by atoms with E-state index in [1.54, 1.807) is 12.1 Å². The van der Waals surface area contributed by atoms with E-state index in [9.17, 15) is 5.11 Å². The molecule has 1 atom stereocenters. The van der Waals surface area contributed by atoms with Gasteiger partial charge >= 0.3 is 0 Å². The molecule has 3 N–H and O–H groups in total. The summed E-state index contributed by atoms with van der Waals surface area (Å²) in [4.78, 5) is 0. The molecule has 0 spiro atoms. The number of phenolic OH excluding ortho intramolecular Hbond substituents is 1. The summed E-state index contributed by atoms with van der Waals surface area (Å²) in [5.74, 6) is 0.223. The van der Waals surface area contributed by atoms with E-state index in [0.717, 1.165) is 16.3 Å². The molecule has 15 heavy (non-hydrogen) atoms. The second-order valence-corrected chi connectivity index (χ2v) is 3.48. The van der Waals surface area contributed by atoms with Gasteiger partial charge in [0.25, 0.3) is 0 Å². The van der Waals surface area contributed by atoms with Crippen molar-refractivity contribution in [3.63, 3.8) is 0 Å². The molecule has 0 amide bonds. The van der Waals surface area contributed by atoms with Crippen molar-refractivity contribution in [2.24, 2.45) is 5.73 Å². The van der Waals surface area contributed by atoms with Crippen LogP contribution in [0.3, 0.4) is 0 Å². The lowest BCUT2D eigenvalue weighted by atomic mass is 9.98. The van der Waals surface area contributed by atoms with Gasteiger partial charge in [-0.2, -0.15) is 0 Å². The van der Waals surface area contributed by atoms with Crippen molar-refractivity contribution in [1.29, 1.82) is 0 Å². The van der Waals surface area contributed by atoms with Crippen LogP contribution in [-0.2, 0) is 0 Å². The van der Waals surface area contributed by atoms with Gasteiger partial charge in [0.1, 0.15) is 5.75 Å². The first-order valence-electron chi connectivity index (χ1n) is 4.83. The average molecular weight is 199 g/mol. The molecular weight excluding hydrogens is 186 g/mol. The highest BCUT2D eigenvalue weighted by molar-refractivity contribution is 5.88. The van der Waals surface area contributed by atoms with Gasteiger partial charge in [0, 0.05) is 5.56 Å². The van der Waals surface area contributed by atoms with Gasteiger partial charge in [0.2, 0.25) is 0 Å². The molecule has 0 radical (unpaired) electrons. The molecule has 0 fully saturated rings. The van der Waals surface area contributed by atoms with Crippen molar-refractivity contribution >= 4 is 10.8 Å². The Morgan fingerprint density at radius 3 is 2.67 bits per heavy atom. The van der Waals surface area contributed by atoms with Gasteiger partial charge in [0.15, 0.2) is 0 Å². The van der Waals surface area contributed by atoms with Gasteiger partial charge in [-0.05, 0) is 16.8 Å². The zero-order chi connectivity index (χ0) is 10.8. The van der Waals surface area contributed by atoms with Crippen LogP contribution >= 0.6 is 0 Å². The third-order valence-corrected chi connectivity index (χ3v) is 2.53. The molecule has 76 valence electrons. The minimum absolute atomic E-state index is 0.223. The minimum Gasteiger partial charge on any atom is -0.508 e. The topological polar surface area (TPSA) is 46.2 Å². The van der Waals surface area contributed by atoms with Gasteiger partial charge in [-0.15, -0.1) is 6.58 Å². The fourth-order valence-electron chi connectivity index (χ4n) is 1.75. The molecule has 0 aromatic heterocycles. The molecule has 2 aromatic carbocycles. The molecule has 2 heteroatoms. The Kier molecular flexibility index (Phi) is 2.44. The molecule has 0 unspecified atom stereocenters. The van der Waals surface area contributed by atoms with Crippen molar-refractivity contribution in [3.8, 4) is 5.75 Å². The van der Waals surface area contributed by atoms with Crippen LogP contribution in [-0.4, -0.2) is 5.11 Å². The highest BCUT2D eigenvalue weighted by Crippen LogP contribution is 2.31. The molecule has 0 aliphatic carbocycles. The lowest BCUT2D eigenvalue weighted by Gasteiger charge is -2.12. The maximum Gasteiger partial charge on any atom is 0.121 e. The first-order valence-corrected chi connectivity index (χ1v) is 4.83. The van der Waals surface area contributed by atoms with Gasteiger partial charge in [-0.3, -0.25) is 0 Å². The summed E-state index contributed by atoms with van der Waals surface area (Å²) in [5, 5.41) is 11.8. The smallest absolute Gasteiger partial charge is 0.121 e. The minimum atomic E-state index is -0.337. The molecule has 0 saturated heterocycles.